The Hall–Kier alpha value is -3.68. The summed E-state index contributed by atoms with van der Waals surface area (Å²) < 4.78 is 1.77. The van der Waals surface area contributed by atoms with Gasteiger partial charge in [-0.25, -0.2) is 9.78 Å². The van der Waals surface area contributed by atoms with E-state index < -0.39 is 5.97 Å². The van der Waals surface area contributed by atoms with E-state index in [1.807, 2.05) is 31.3 Å². The van der Waals surface area contributed by atoms with Crippen molar-refractivity contribution in [2.45, 2.75) is 32.6 Å². The minimum atomic E-state index is -1.03. The first kappa shape index (κ1) is 21.0. The molecule has 3 N–H and O–H groups in total. The number of pyridine rings is 1. The van der Waals surface area contributed by atoms with Crippen LogP contribution in [0.5, 0.6) is 0 Å². The highest BCUT2D eigenvalue weighted by Crippen LogP contribution is 2.13. The molecule has 2 aromatic heterocycles. The summed E-state index contributed by atoms with van der Waals surface area (Å²) in [6, 6.07) is 11.7. The molecule has 1 aromatic carbocycles. The molecule has 156 valence electrons. The number of imidazole rings is 1. The standard InChI is InChI=1S/C22H24N4O4/c1-15-20(26-13-6-4-10-18(26)24-15)21(28)23-12-5-2-3-11-19(27)25-17-9-7-8-16(14-17)22(29)30/h4,6-10,13-14H,2-3,5,11-12H2,1H3,(H,23,28)(H,25,27)(H,29,30). The zero-order valence-corrected chi connectivity index (χ0v) is 16.7. The third-order valence-electron chi connectivity index (χ3n) is 4.68. The Morgan fingerprint density at radius 2 is 1.90 bits per heavy atom. The smallest absolute Gasteiger partial charge is 0.335 e. The van der Waals surface area contributed by atoms with E-state index in [1.54, 1.807) is 16.5 Å². The number of aromatic carboxylic acids is 1. The summed E-state index contributed by atoms with van der Waals surface area (Å²) >= 11 is 0. The van der Waals surface area contributed by atoms with Crippen molar-refractivity contribution >= 4 is 29.1 Å². The van der Waals surface area contributed by atoms with E-state index in [0.29, 0.717) is 36.5 Å². The molecule has 8 heteroatoms. The molecule has 8 nitrogen and oxygen atoms in total. The lowest BCUT2D eigenvalue weighted by Gasteiger charge is -2.07. The molecule has 0 spiro atoms. The topological polar surface area (TPSA) is 113 Å². The molecule has 0 bridgehead atoms. The van der Waals surface area contributed by atoms with Gasteiger partial charge in [-0.3, -0.25) is 14.0 Å². The molecule has 30 heavy (non-hydrogen) atoms. The summed E-state index contributed by atoms with van der Waals surface area (Å²) in [5, 5.41) is 14.6. The normalized spacial score (nSPS) is 10.7. The third-order valence-corrected chi connectivity index (χ3v) is 4.68. The number of fused-ring (bicyclic) bond motifs is 1. The Labute approximate surface area is 173 Å². The van der Waals surface area contributed by atoms with Gasteiger partial charge in [0.05, 0.1) is 11.3 Å². The molecule has 3 rings (SSSR count). The van der Waals surface area contributed by atoms with Crippen LogP contribution < -0.4 is 10.6 Å². The van der Waals surface area contributed by atoms with Crippen LogP contribution in [-0.4, -0.2) is 38.8 Å². The Balaban J connectivity index is 1.38. The Morgan fingerprint density at radius 3 is 2.70 bits per heavy atom. The average Bonchev–Trinajstić information content (AvgIpc) is 3.06. The fraction of sp³-hybridized carbons (Fsp3) is 0.273. The maximum atomic E-state index is 12.5. The van der Waals surface area contributed by atoms with Gasteiger partial charge in [-0.05, 0) is 50.1 Å². The third kappa shape index (κ3) is 5.22. The van der Waals surface area contributed by atoms with Gasteiger partial charge < -0.3 is 15.7 Å². The van der Waals surface area contributed by atoms with E-state index in [0.717, 1.165) is 18.5 Å². The zero-order valence-electron chi connectivity index (χ0n) is 16.7. The van der Waals surface area contributed by atoms with Gasteiger partial charge in [0.2, 0.25) is 5.91 Å². The number of hydrogen-bond donors (Lipinski definition) is 3. The molecular formula is C22H24N4O4. The van der Waals surface area contributed by atoms with E-state index in [1.165, 1.54) is 12.1 Å². The lowest BCUT2D eigenvalue weighted by molar-refractivity contribution is -0.116. The van der Waals surface area contributed by atoms with Gasteiger partial charge in [-0.15, -0.1) is 0 Å². The number of rotatable bonds is 9. The fourth-order valence-corrected chi connectivity index (χ4v) is 3.21. The van der Waals surface area contributed by atoms with E-state index in [2.05, 4.69) is 15.6 Å². The molecule has 0 radical (unpaired) electrons. The first-order chi connectivity index (χ1) is 14.5. The number of carbonyl (C=O) groups excluding carboxylic acids is 2. The minimum Gasteiger partial charge on any atom is -0.478 e. The number of carboxylic acid groups (broad SMARTS) is 1. The van der Waals surface area contributed by atoms with Crippen molar-refractivity contribution in [3.63, 3.8) is 0 Å². The number of aryl methyl sites for hydroxylation is 1. The number of nitrogens with zero attached hydrogens (tertiary/aromatic N) is 2. The second-order valence-corrected chi connectivity index (χ2v) is 6.98. The first-order valence-corrected chi connectivity index (χ1v) is 9.81. The molecule has 0 aliphatic carbocycles. The van der Waals surface area contributed by atoms with Gasteiger partial charge in [0.15, 0.2) is 0 Å². The Kier molecular flexibility index (Phi) is 6.79. The van der Waals surface area contributed by atoms with E-state index in [4.69, 9.17) is 5.11 Å². The number of aromatic nitrogens is 2. The van der Waals surface area contributed by atoms with Crippen LogP contribution in [0, 0.1) is 6.92 Å². The van der Waals surface area contributed by atoms with Crippen molar-refractivity contribution in [2.24, 2.45) is 0 Å². The molecular weight excluding hydrogens is 384 g/mol. The molecule has 0 unspecified atom stereocenters. The molecule has 2 amide bonds. The lowest BCUT2D eigenvalue weighted by Crippen LogP contribution is -2.26. The molecule has 0 aliphatic heterocycles. The fourth-order valence-electron chi connectivity index (χ4n) is 3.21. The van der Waals surface area contributed by atoms with Crippen LogP contribution >= 0.6 is 0 Å². The summed E-state index contributed by atoms with van der Waals surface area (Å²) in [6.07, 6.45) is 4.36. The van der Waals surface area contributed by atoms with Crippen LogP contribution in [0.1, 0.15) is 52.2 Å². The molecule has 0 aliphatic rings. The second-order valence-electron chi connectivity index (χ2n) is 6.98. The summed E-state index contributed by atoms with van der Waals surface area (Å²) in [6.45, 7) is 2.33. The predicted molar refractivity (Wildman–Crippen MR) is 113 cm³/mol. The molecule has 2 heterocycles. The van der Waals surface area contributed by atoms with E-state index >= 15 is 0 Å². The average molecular weight is 408 g/mol. The van der Waals surface area contributed by atoms with Crippen LogP contribution in [-0.2, 0) is 4.79 Å². The van der Waals surface area contributed by atoms with Crippen LogP contribution in [0.2, 0.25) is 0 Å². The number of carboxylic acids is 1. The number of unbranched alkanes of at least 4 members (excludes halogenated alkanes) is 2. The van der Waals surface area contributed by atoms with Crippen molar-refractivity contribution in [3.05, 3.63) is 65.6 Å². The minimum absolute atomic E-state index is 0.129. The summed E-state index contributed by atoms with van der Waals surface area (Å²) in [5.74, 6) is -1.36. The highest BCUT2D eigenvalue weighted by molar-refractivity contribution is 5.95. The van der Waals surface area contributed by atoms with Gasteiger partial charge in [0, 0.05) is 24.8 Å². The van der Waals surface area contributed by atoms with Crippen LogP contribution in [0.3, 0.4) is 0 Å². The predicted octanol–water partition coefficient (Wildman–Crippen LogP) is 3.27. The number of carbonyl (C=O) groups is 3. The second kappa shape index (κ2) is 9.69. The van der Waals surface area contributed by atoms with Crippen LogP contribution in [0.15, 0.2) is 48.7 Å². The van der Waals surface area contributed by atoms with Crippen molar-refractivity contribution in [2.75, 3.05) is 11.9 Å². The zero-order chi connectivity index (χ0) is 21.5. The SMILES string of the molecule is Cc1nc2ccccn2c1C(=O)NCCCCCC(=O)Nc1cccc(C(=O)O)c1. The Bertz CT molecular complexity index is 1070. The highest BCUT2D eigenvalue weighted by Gasteiger charge is 2.15. The summed E-state index contributed by atoms with van der Waals surface area (Å²) in [5.41, 5.74) is 2.55. The number of benzene rings is 1. The van der Waals surface area contributed by atoms with Crippen molar-refractivity contribution in [3.8, 4) is 0 Å². The first-order valence-electron chi connectivity index (χ1n) is 9.81. The van der Waals surface area contributed by atoms with E-state index in [-0.39, 0.29) is 17.4 Å². The van der Waals surface area contributed by atoms with Crippen molar-refractivity contribution in [1.29, 1.82) is 0 Å². The number of anilines is 1. The molecule has 0 fully saturated rings. The molecule has 3 aromatic rings. The molecule has 0 atom stereocenters. The highest BCUT2D eigenvalue weighted by atomic mass is 16.4. The van der Waals surface area contributed by atoms with Crippen molar-refractivity contribution < 1.29 is 19.5 Å². The van der Waals surface area contributed by atoms with Gasteiger partial charge in [0.25, 0.3) is 5.91 Å². The number of hydrogen-bond acceptors (Lipinski definition) is 4. The van der Waals surface area contributed by atoms with Gasteiger partial charge in [-0.2, -0.15) is 0 Å². The van der Waals surface area contributed by atoms with Crippen molar-refractivity contribution in [1.82, 2.24) is 14.7 Å². The number of amides is 2. The number of nitrogens with one attached hydrogen (secondary N) is 2. The van der Waals surface area contributed by atoms with Crippen LogP contribution in [0.4, 0.5) is 5.69 Å². The van der Waals surface area contributed by atoms with Gasteiger partial charge >= 0.3 is 5.97 Å². The lowest BCUT2D eigenvalue weighted by atomic mass is 10.1. The molecule has 0 saturated carbocycles. The summed E-state index contributed by atoms with van der Waals surface area (Å²) in [4.78, 5) is 39.9. The van der Waals surface area contributed by atoms with Crippen LogP contribution in [0.25, 0.3) is 5.65 Å². The molecule has 0 saturated heterocycles. The maximum absolute atomic E-state index is 12.5. The largest absolute Gasteiger partial charge is 0.478 e. The van der Waals surface area contributed by atoms with Gasteiger partial charge in [-0.1, -0.05) is 18.6 Å². The maximum Gasteiger partial charge on any atom is 0.335 e. The quantitative estimate of drug-likeness (QED) is 0.470. The Morgan fingerprint density at radius 1 is 1.07 bits per heavy atom. The van der Waals surface area contributed by atoms with Gasteiger partial charge in [0.1, 0.15) is 11.3 Å². The van der Waals surface area contributed by atoms with E-state index in [9.17, 15) is 14.4 Å². The monoisotopic (exact) mass is 408 g/mol. The summed E-state index contributed by atoms with van der Waals surface area (Å²) in [7, 11) is 0.